The van der Waals surface area contributed by atoms with Crippen molar-refractivity contribution in [1.82, 2.24) is 20.1 Å². The van der Waals surface area contributed by atoms with Crippen LogP contribution in [-0.2, 0) is 18.0 Å². The predicted octanol–water partition coefficient (Wildman–Crippen LogP) is 4.89. The first-order valence-electron chi connectivity index (χ1n) is 9.95. The zero-order valence-corrected chi connectivity index (χ0v) is 17.9. The second-order valence-corrected chi connectivity index (χ2v) is 8.52. The minimum absolute atomic E-state index is 0. The van der Waals surface area contributed by atoms with Crippen LogP contribution in [0.3, 0.4) is 0 Å². The van der Waals surface area contributed by atoms with E-state index in [1.165, 1.54) is 17.7 Å². The van der Waals surface area contributed by atoms with E-state index in [1.54, 1.807) is 18.5 Å². The van der Waals surface area contributed by atoms with Gasteiger partial charge in [0.15, 0.2) is 5.82 Å². The van der Waals surface area contributed by atoms with Gasteiger partial charge in [0.2, 0.25) is 0 Å². The Bertz CT molecular complexity index is 1020. The molecule has 8 heteroatoms. The molecule has 158 valence electrons. The van der Waals surface area contributed by atoms with Crippen molar-refractivity contribution in [2.24, 2.45) is 0 Å². The van der Waals surface area contributed by atoms with E-state index in [-0.39, 0.29) is 29.2 Å². The van der Waals surface area contributed by atoms with Gasteiger partial charge in [-0.25, -0.2) is 4.39 Å². The van der Waals surface area contributed by atoms with Gasteiger partial charge in [-0.05, 0) is 67.1 Å². The molecular weight excluding hydrogens is 426 g/mol. The van der Waals surface area contributed by atoms with Crippen LogP contribution in [0.1, 0.15) is 42.6 Å². The third-order valence-corrected chi connectivity index (χ3v) is 6.51. The lowest BCUT2D eigenvalue weighted by Crippen LogP contribution is -2.31. The van der Waals surface area contributed by atoms with Gasteiger partial charge in [-0.3, -0.25) is 4.57 Å². The number of hydrogen-bond acceptors (Lipinski definition) is 4. The zero-order chi connectivity index (χ0) is 19.8. The third kappa shape index (κ3) is 4.04. The van der Waals surface area contributed by atoms with Gasteiger partial charge in [0, 0.05) is 6.54 Å². The van der Waals surface area contributed by atoms with Crippen molar-refractivity contribution in [3.63, 3.8) is 0 Å². The van der Waals surface area contributed by atoms with Crippen molar-refractivity contribution in [3.8, 4) is 11.4 Å². The number of nitrogens with zero attached hydrogens (tertiary/aromatic N) is 3. The molecule has 0 spiro atoms. The molecule has 2 aromatic carbocycles. The zero-order valence-electron chi connectivity index (χ0n) is 16.4. The maximum atomic E-state index is 13.1. The SMILES string of the molecule is Cl.Fc1ccc(OC2CCC(Cl)(c3ccc4c(c3)CNCc3nncn3-4)CC2)cc1. The number of rotatable bonds is 3. The van der Waals surface area contributed by atoms with Crippen molar-refractivity contribution in [3.05, 3.63) is 71.6 Å². The van der Waals surface area contributed by atoms with Crippen molar-refractivity contribution in [2.45, 2.75) is 49.8 Å². The fourth-order valence-corrected chi connectivity index (χ4v) is 4.63. The molecule has 1 aliphatic heterocycles. The van der Waals surface area contributed by atoms with Crippen LogP contribution in [0.5, 0.6) is 5.75 Å². The molecule has 5 nitrogen and oxygen atoms in total. The second kappa shape index (κ2) is 8.53. The molecule has 1 aromatic heterocycles. The number of fused-ring (bicyclic) bond motifs is 3. The van der Waals surface area contributed by atoms with Gasteiger partial charge in [0.25, 0.3) is 0 Å². The van der Waals surface area contributed by atoms with Crippen molar-refractivity contribution in [1.29, 1.82) is 0 Å². The number of ether oxygens (including phenoxy) is 1. The van der Waals surface area contributed by atoms with E-state index >= 15 is 0 Å². The molecule has 0 radical (unpaired) electrons. The number of hydrogen-bond donors (Lipinski definition) is 1. The van der Waals surface area contributed by atoms with Gasteiger partial charge in [0.1, 0.15) is 17.9 Å². The van der Waals surface area contributed by atoms with Crippen LogP contribution < -0.4 is 10.1 Å². The molecule has 2 heterocycles. The van der Waals surface area contributed by atoms with Crippen LogP contribution in [0.4, 0.5) is 4.39 Å². The smallest absolute Gasteiger partial charge is 0.151 e. The molecule has 3 aromatic rings. The summed E-state index contributed by atoms with van der Waals surface area (Å²) in [7, 11) is 0. The minimum Gasteiger partial charge on any atom is -0.490 e. The van der Waals surface area contributed by atoms with Crippen LogP contribution in [0, 0.1) is 5.82 Å². The Labute approximate surface area is 186 Å². The summed E-state index contributed by atoms with van der Waals surface area (Å²) in [6.07, 6.45) is 5.27. The first kappa shape index (κ1) is 21.1. The fourth-order valence-electron chi connectivity index (χ4n) is 4.29. The van der Waals surface area contributed by atoms with Gasteiger partial charge < -0.3 is 10.1 Å². The molecule has 0 atom stereocenters. The largest absolute Gasteiger partial charge is 0.490 e. The Kier molecular flexibility index (Phi) is 6.00. The first-order valence-corrected chi connectivity index (χ1v) is 10.3. The van der Waals surface area contributed by atoms with Crippen LogP contribution in [0.25, 0.3) is 5.69 Å². The van der Waals surface area contributed by atoms with Crippen LogP contribution in [-0.4, -0.2) is 20.9 Å². The van der Waals surface area contributed by atoms with E-state index in [1.807, 2.05) is 4.57 Å². The highest BCUT2D eigenvalue weighted by Crippen LogP contribution is 2.44. The monoisotopic (exact) mass is 448 g/mol. The van der Waals surface area contributed by atoms with Gasteiger partial charge in [-0.15, -0.1) is 34.2 Å². The molecule has 1 saturated carbocycles. The molecule has 1 fully saturated rings. The summed E-state index contributed by atoms with van der Waals surface area (Å²) in [4.78, 5) is -0.389. The summed E-state index contributed by atoms with van der Waals surface area (Å²) in [6.45, 7) is 1.47. The summed E-state index contributed by atoms with van der Waals surface area (Å²) in [5.74, 6) is 1.37. The van der Waals surface area contributed by atoms with E-state index in [2.05, 4.69) is 33.7 Å². The highest BCUT2D eigenvalue weighted by molar-refractivity contribution is 6.24. The molecule has 2 aliphatic rings. The molecule has 0 saturated heterocycles. The lowest BCUT2D eigenvalue weighted by Gasteiger charge is -2.36. The van der Waals surface area contributed by atoms with Gasteiger partial charge in [0.05, 0.1) is 23.2 Å². The van der Waals surface area contributed by atoms with Gasteiger partial charge in [-0.1, -0.05) is 12.1 Å². The van der Waals surface area contributed by atoms with E-state index < -0.39 is 0 Å². The molecule has 30 heavy (non-hydrogen) atoms. The summed E-state index contributed by atoms with van der Waals surface area (Å²) >= 11 is 7.09. The first-order chi connectivity index (χ1) is 14.1. The van der Waals surface area contributed by atoms with E-state index in [4.69, 9.17) is 16.3 Å². The number of halogens is 3. The minimum atomic E-state index is -0.389. The maximum Gasteiger partial charge on any atom is 0.151 e. The standard InChI is InChI=1S/C22H22ClFN4O.ClH/c23-22(9-7-19(8-10-22)29-18-4-2-17(24)3-5-18)16-1-6-20-15(11-16)12-25-13-21-27-26-14-28(20)21;/h1-6,11,14,19,25H,7-10,12-13H2;1H. The Balaban J connectivity index is 0.00000218. The molecule has 1 aliphatic carbocycles. The number of aromatic nitrogens is 3. The maximum absolute atomic E-state index is 13.1. The average molecular weight is 449 g/mol. The highest BCUT2D eigenvalue weighted by Gasteiger charge is 2.36. The summed E-state index contributed by atoms with van der Waals surface area (Å²) in [5.41, 5.74) is 3.45. The summed E-state index contributed by atoms with van der Waals surface area (Å²) < 4.78 is 21.1. The normalized spacial score (nSPS) is 22.9. The van der Waals surface area contributed by atoms with Crippen LogP contribution >= 0.6 is 24.0 Å². The number of alkyl halides is 1. The van der Waals surface area contributed by atoms with Crippen LogP contribution in [0.2, 0.25) is 0 Å². The van der Waals surface area contributed by atoms with E-state index in [0.717, 1.165) is 49.3 Å². The summed E-state index contributed by atoms with van der Waals surface area (Å²) in [5, 5.41) is 11.6. The molecule has 0 bridgehead atoms. The lowest BCUT2D eigenvalue weighted by molar-refractivity contribution is 0.138. The highest BCUT2D eigenvalue weighted by atomic mass is 35.5. The summed E-state index contributed by atoms with van der Waals surface area (Å²) in [6, 6.07) is 12.7. The van der Waals surface area contributed by atoms with Crippen molar-refractivity contribution < 1.29 is 9.13 Å². The fraction of sp³-hybridized carbons (Fsp3) is 0.364. The Morgan fingerprint density at radius 2 is 1.87 bits per heavy atom. The molecule has 0 unspecified atom stereocenters. The van der Waals surface area contributed by atoms with Crippen molar-refractivity contribution in [2.75, 3.05) is 0 Å². The molecule has 1 N–H and O–H groups in total. The predicted molar refractivity (Wildman–Crippen MR) is 116 cm³/mol. The quantitative estimate of drug-likeness (QED) is 0.579. The van der Waals surface area contributed by atoms with Gasteiger partial charge in [-0.2, -0.15) is 0 Å². The Morgan fingerprint density at radius 3 is 2.63 bits per heavy atom. The lowest BCUT2D eigenvalue weighted by atomic mass is 9.81. The Hall–Kier alpha value is -2.15. The van der Waals surface area contributed by atoms with E-state index in [9.17, 15) is 4.39 Å². The molecule has 5 rings (SSSR count). The molecular formula is C22H23Cl2FN4O. The average Bonchev–Trinajstić information content (AvgIpc) is 3.13. The number of benzene rings is 2. The van der Waals surface area contributed by atoms with Crippen molar-refractivity contribution >= 4 is 24.0 Å². The topological polar surface area (TPSA) is 52.0 Å². The van der Waals surface area contributed by atoms with E-state index in [0.29, 0.717) is 12.3 Å². The Morgan fingerprint density at radius 1 is 1.10 bits per heavy atom. The number of nitrogens with one attached hydrogen (secondary N) is 1. The van der Waals surface area contributed by atoms with Gasteiger partial charge >= 0.3 is 0 Å². The third-order valence-electron chi connectivity index (χ3n) is 5.91. The molecule has 0 amide bonds. The second-order valence-electron chi connectivity index (χ2n) is 7.80. The van der Waals surface area contributed by atoms with Crippen LogP contribution in [0.15, 0.2) is 48.8 Å².